The SMILES string of the molecule is CC.CCCc1c(C)cccc1CC(C)C. The first-order valence-electron chi connectivity index (χ1n) is 6.72. The van der Waals surface area contributed by atoms with Gasteiger partial charge in [-0.05, 0) is 42.4 Å². The van der Waals surface area contributed by atoms with Gasteiger partial charge in [0.25, 0.3) is 0 Å². The van der Waals surface area contributed by atoms with Crippen LogP contribution in [0.3, 0.4) is 0 Å². The molecule has 0 saturated carbocycles. The summed E-state index contributed by atoms with van der Waals surface area (Å²) in [5.41, 5.74) is 4.61. The Hall–Kier alpha value is -0.780. The summed E-state index contributed by atoms with van der Waals surface area (Å²) in [6.45, 7) is 13.1. The van der Waals surface area contributed by atoms with Crippen LogP contribution in [0.25, 0.3) is 0 Å². The summed E-state index contributed by atoms with van der Waals surface area (Å²) < 4.78 is 0. The predicted molar refractivity (Wildman–Crippen MR) is 75.1 cm³/mol. The fourth-order valence-corrected chi connectivity index (χ4v) is 2.00. The topological polar surface area (TPSA) is 0 Å². The molecule has 0 aliphatic heterocycles. The van der Waals surface area contributed by atoms with Gasteiger partial charge in [0.2, 0.25) is 0 Å². The van der Waals surface area contributed by atoms with Crippen molar-refractivity contribution in [2.24, 2.45) is 5.92 Å². The van der Waals surface area contributed by atoms with Crippen molar-refractivity contribution >= 4 is 0 Å². The van der Waals surface area contributed by atoms with Gasteiger partial charge in [-0.25, -0.2) is 0 Å². The highest BCUT2D eigenvalue weighted by molar-refractivity contribution is 5.34. The molecule has 0 radical (unpaired) electrons. The molecule has 16 heavy (non-hydrogen) atoms. The smallest absolute Gasteiger partial charge is 0.0253 e. The Balaban J connectivity index is 0.00000106. The van der Waals surface area contributed by atoms with Gasteiger partial charge in [0.1, 0.15) is 0 Å². The lowest BCUT2D eigenvalue weighted by atomic mass is 9.92. The van der Waals surface area contributed by atoms with E-state index in [2.05, 4.69) is 45.9 Å². The van der Waals surface area contributed by atoms with E-state index in [1.54, 1.807) is 11.1 Å². The van der Waals surface area contributed by atoms with Crippen molar-refractivity contribution in [2.75, 3.05) is 0 Å². The molecule has 0 saturated heterocycles. The second-order valence-corrected chi connectivity index (χ2v) is 4.56. The van der Waals surface area contributed by atoms with Crippen LogP contribution in [0.2, 0.25) is 0 Å². The lowest BCUT2D eigenvalue weighted by Gasteiger charge is -2.13. The van der Waals surface area contributed by atoms with Gasteiger partial charge in [-0.1, -0.05) is 59.2 Å². The number of aryl methyl sites for hydroxylation is 1. The Bertz CT molecular complexity index is 284. The van der Waals surface area contributed by atoms with Crippen molar-refractivity contribution in [3.8, 4) is 0 Å². The maximum atomic E-state index is 2.29. The fraction of sp³-hybridized carbons (Fsp3) is 0.625. The van der Waals surface area contributed by atoms with Gasteiger partial charge in [0.15, 0.2) is 0 Å². The Morgan fingerprint density at radius 1 is 1.12 bits per heavy atom. The van der Waals surface area contributed by atoms with E-state index in [4.69, 9.17) is 0 Å². The molecule has 0 aromatic heterocycles. The molecule has 0 atom stereocenters. The van der Waals surface area contributed by atoms with Gasteiger partial charge < -0.3 is 0 Å². The van der Waals surface area contributed by atoms with Crippen LogP contribution in [0, 0.1) is 12.8 Å². The molecule has 0 N–H and O–H groups in total. The van der Waals surface area contributed by atoms with Gasteiger partial charge in [0.05, 0.1) is 0 Å². The lowest BCUT2D eigenvalue weighted by Crippen LogP contribution is -2.01. The highest BCUT2D eigenvalue weighted by Crippen LogP contribution is 2.19. The highest BCUT2D eigenvalue weighted by Gasteiger charge is 2.05. The molecule has 0 heteroatoms. The molecule has 1 aromatic rings. The van der Waals surface area contributed by atoms with E-state index in [1.165, 1.54) is 24.8 Å². The van der Waals surface area contributed by atoms with Crippen molar-refractivity contribution in [3.05, 3.63) is 34.9 Å². The largest absolute Gasteiger partial charge is 0.0683 e. The third kappa shape index (κ3) is 4.83. The summed E-state index contributed by atoms with van der Waals surface area (Å²) in [7, 11) is 0. The van der Waals surface area contributed by atoms with Gasteiger partial charge in [-0.15, -0.1) is 0 Å². The van der Waals surface area contributed by atoms with Crippen molar-refractivity contribution in [1.82, 2.24) is 0 Å². The molecule has 0 amide bonds. The molecular formula is C16H28. The molecule has 0 unspecified atom stereocenters. The monoisotopic (exact) mass is 220 g/mol. The Morgan fingerprint density at radius 3 is 2.25 bits per heavy atom. The summed E-state index contributed by atoms with van der Waals surface area (Å²) in [5.74, 6) is 0.757. The standard InChI is InChI=1S/C14H22.C2H6/c1-5-7-14-12(4)8-6-9-13(14)10-11(2)3;1-2/h6,8-9,11H,5,7,10H2,1-4H3;1-2H3. The Morgan fingerprint density at radius 2 is 1.75 bits per heavy atom. The zero-order valence-electron chi connectivity index (χ0n) is 11.9. The maximum absolute atomic E-state index is 2.29. The van der Waals surface area contributed by atoms with Gasteiger partial charge in [0, 0.05) is 0 Å². The molecular weight excluding hydrogens is 192 g/mol. The summed E-state index contributed by atoms with van der Waals surface area (Å²) in [4.78, 5) is 0. The minimum absolute atomic E-state index is 0.757. The van der Waals surface area contributed by atoms with Crippen LogP contribution in [0.5, 0.6) is 0 Å². The van der Waals surface area contributed by atoms with Gasteiger partial charge in [-0.2, -0.15) is 0 Å². The summed E-state index contributed by atoms with van der Waals surface area (Å²) in [5, 5.41) is 0. The molecule has 1 rings (SSSR count). The van der Waals surface area contributed by atoms with Crippen LogP contribution in [-0.4, -0.2) is 0 Å². The second kappa shape index (κ2) is 8.38. The van der Waals surface area contributed by atoms with Gasteiger partial charge in [-0.3, -0.25) is 0 Å². The first-order valence-corrected chi connectivity index (χ1v) is 6.72. The predicted octanol–water partition coefficient (Wildman–Crippen LogP) is 5.17. The van der Waals surface area contributed by atoms with Crippen molar-refractivity contribution in [2.45, 2.75) is 60.8 Å². The average molecular weight is 220 g/mol. The molecule has 0 aliphatic carbocycles. The summed E-state index contributed by atoms with van der Waals surface area (Å²) in [6, 6.07) is 6.71. The molecule has 92 valence electrons. The molecule has 0 fully saturated rings. The fourth-order valence-electron chi connectivity index (χ4n) is 2.00. The van der Waals surface area contributed by atoms with E-state index in [0.29, 0.717) is 0 Å². The van der Waals surface area contributed by atoms with E-state index >= 15 is 0 Å². The van der Waals surface area contributed by atoms with Crippen molar-refractivity contribution in [3.63, 3.8) is 0 Å². The normalized spacial score (nSPS) is 9.94. The molecule has 0 spiro atoms. The minimum Gasteiger partial charge on any atom is -0.0683 e. The number of rotatable bonds is 4. The lowest BCUT2D eigenvalue weighted by molar-refractivity contribution is 0.641. The van der Waals surface area contributed by atoms with Crippen LogP contribution < -0.4 is 0 Å². The van der Waals surface area contributed by atoms with Crippen LogP contribution in [0.1, 0.15) is 57.7 Å². The van der Waals surface area contributed by atoms with Crippen molar-refractivity contribution < 1.29 is 0 Å². The molecule has 0 heterocycles. The van der Waals surface area contributed by atoms with Crippen LogP contribution in [0.15, 0.2) is 18.2 Å². The second-order valence-electron chi connectivity index (χ2n) is 4.56. The summed E-state index contributed by atoms with van der Waals surface area (Å²) in [6.07, 6.45) is 3.70. The Kier molecular flexibility index (Phi) is 7.97. The average Bonchev–Trinajstić information content (AvgIpc) is 2.25. The molecule has 0 nitrogen and oxygen atoms in total. The van der Waals surface area contributed by atoms with E-state index in [1.807, 2.05) is 13.8 Å². The highest BCUT2D eigenvalue weighted by atomic mass is 14.1. The Labute approximate surface area is 102 Å². The third-order valence-corrected chi connectivity index (χ3v) is 2.64. The quantitative estimate of drug-likeness (QED) is 0.656. The molecule has 1 aromatic carbocycles. The van der Waals surface area contributed by atoms with Crippen molar-refractivity contribution in [1.29, 1.82) is 0 Å². The number of benzene rings is 1. The number of hydrogen-bond donors (Lipinski definition) is 0. The molecule has 0 aliphatic rings. The third-order valence-electron chi connectivity index (χ3n) is 2.64. The summed E-state index contributed by atoms with van der Waals surface area (Å²) >= 11 is 0. The molecule has 0 bridgehead atoms. The minimum atomic E-state index is 0.757. The zero-order valence-corrected chi connectivity index (χ0v) is 11.9. The first-order chi connectivity index (χ1) is 7.65. The van der Waals surface area contributed by atoms with E-state index < -0.39 is 0 Å². The van der Waals surface area contributed by atoms with E-state index in [-0.39, 0.29) is 0 Å². The maximum Gasteiger partial charge on any atom is -0.0253 e. The van der Waals surface area contributed by atoms with Gasteiger partial charge >= 0.3 is 0 Å². The van der Waals surface area contributed by atoms with E-state index in [0.717, 1.165) is 5.92 Å². The van der Waals surface area contributed by atoms with E-state index in [9.17, 15) is 0 Å². The zero-order chi connectivity index (χ0) is 12.6. The first kappa shape index (κ1) is 15.2. The van der Waals surface area contributed by atoms with Crippen LogP contribution in [-0.2, 0) is 12.8 Å². The number of hydrogen-bond acceptors (Lipinski definition) is 0. The van der Waals surface area contributed by atoms with Crippen LogP contribution >= 0.6 is 0 Å². The van der Waals surface area contributed by atoms with Crippen LogP contribution in [0.4, 0.5) is 0 Å².